The Balaban J connectivity index is 2.77. The van der Waals surface area contributed by atoms with Crippen LogP contribution in [0.5, 0.6) is 0 Å². The molecule has 9 heteroatoms. The van der Waals surface area contributed by atoms with E-state index >= 15 is 0 Å². The number of unbranched alkanes of at least 4 members (excludes halogenated alkanes) is 9. The molecular weight excluding hydrogens is 458 g/mol. The van der Waals surface area contributed by atoms with Gasteiger partial charge in [0.1, 0.15) is 12.1 Å². The van der Waals surface area contributed by atoms with Gasteiger partial charge in [-0.15, -0.1) is 0 Å². The topological polar surface area (TPSA) is 142 Å². The SMILES string of the molecule is CCCCCCCCCCC[C@@H]1CC(=O)NCC(=O)N[C@@H](CCCCN)C(=O)N[C@@H](C(C)C)C(=O)N1. The fourth-order valence-electron chi connectivity index (χ4n) is 4.49. The quantitative estimate of drug-likeness (QED) is 0.216. The first kappa shape index (κ1) is 31.9. The van der Waals surface area contributed by atoms with Crippen LogP contribution >= 0.6 is 0 Å². The zero-order valence-corrected chi connectivity index (χ0v) is 22.8. The van der Waals surface area contributed by atoms with Crippen molar-refractivity contribution in [3.63, 3.8) is 0 Å². The number of carbonyl (C=O) groups is 4. The van der Waals surface area contributed by atoms with Gasteiger partial charge in [0.2, 0.25) is 23.6 Å². The summed E-state index contributed by atoms with van der Waals surface area (Å²) in [6, 6.07) is -1.88. The molecule has 0 bridgehead atoms. The van der Waals surface area contributed by atoms with E-state index in [0.717, 1.165) is 25.7 Å². The summed E-state index contributed by atoms with van der Waals surface area (Å²) in [4.78, 5) is 51.1. The predicted octanol–water partition coefficient (Wildman–Crippen LogP) is 2.67. The molecule has 4 amide bonds. The average Bonchev–Trinajstić information content (AvgIpc) is 2.84. The van der Waals surface area contributed by atoms with Crippen LogP contribution in [-0.2, 0) is 19.2 Å². The van der Waals surface area contributed by atoms with Gasteiger partial charge in [0, 0.05) is 12.5 Å². The molecule has 0 aromatic carbocycles. The number of carbonyl (C=O) groups excluding carboxylic acids is 4. The number of nitrogens with one attached hydrogen (secondary N) is 4. The lowest BCUT2D eigenvalue weighted by atomic mass is 9.99. The lowest BCUT2D eigenvalue weighted by molar-refractivity contribution is -0.133. The summed E-state index contributed by atoms with van der Waals surface area (Å²) in [5.74, 6) is -1.55. The van der Waals surface area contributed by atoms with E-state index < -0.39 is 23.9 Å². The van der Waals surface area contributed by atoms with E-state index in [1.165, 1.54) is 38.5 Å². The van der Waals surface area contributed by atoms with E-state index in [2.05, 4.69) is 28.2 Å². The van der Waals surface area contributed by atoms with E-state index in [1.807, 2.05) is 13.8 Å². The van der Waals surface area contributed by atoms with Gasteiger partial charge < -0.3 is 27.0 Å². The van der Waals surface area contributed by atoms with Crippen molar-refractivity contribution < 1.29 is 19.2 Å². The van der Waals surface area contributed by atoms with Gasteiger partial charge in [0.05, 0.1) is 6.54 Å². The zero-order chi connectivity index (χ0) is 26.8. The maximum absolute atomic E-state index is 13.2. The summed E-state index contributed by atoms with van der Waals surface area (Å²) < 4.78 is 0. The second-order valence-electron chi connectivity index (χ2n) is 10.4. The van der Waals surface area contributed by atoms with Crippen LogP contribution in [0, 0.1) is 5.92 Å². The molecule has 1 aliphatic rings. The highest BCUT2D eigenvalue weighted by atomic mass is 16.2. The highest BCUT2D eigenvalue weighted by Crippen LogP contribution is 2.14. The molecule has 0 spiro atoms. The summed E-state index contributed by atoms with van der Waals surface area (Å²) in [6.45, 7) is 6.25. The maximum Gasteiger partial charge on any atom is 0.243 e. The Morgan fingerprint density at radius 3 is 1.97 bits per heavy atom. The molecule has 1 fully saturated rings. The van der Waals surface area contributed by atoms with Gasteiger partial charge in [-0.2, -0.15) is 0 Å². The van der Waals surface area contributed by atoms with Gasteiger partial charge in [0.25, 0.3) is 0 Å². The summed E-state index contributed by atoms with van der Waals surface area (Å²) in [5.41, 5.74) is 5.56. The van der Waals surface area contributed by atoms with E-state index in [-0.39, 0.29) is 36.7 Å². The van der Waals surface area contributed by atoms with Crippen LogP contribution in [0.1, 0.15) is 111 Å². The van der Waals surface area contributed by atoms with Crippen LogP contribution in [0.15, 0.2) is 0 Å². The van der Waals surface area contributed by atoms with Crippen LogP contribution in [0.2, 0.25) is 0 Å². The average molecular weight is 510 g/mol. The first-order valence-corrected chi connectivity index (χ1v) is 14.1. The fraction of sp³-hybridized carbons (Fsp3) is 0.852. The first-order valence-electron chi connectivity index (χ1n) is 14.1. The number of hydrogen-bond acceptors (Lipinski definition) is 5. The van der Waals surface area contributed by atoms with E-state index in [0.29, 0.717) is 25.8 Å². The number of hydrogen-bond donors (Lipinski definition) is 5. The number of nitrogens with two attached hydrogens (primary N) is 1. The van der Waals surface area contributed by atoms with Crippen molar-refractivity contribution in [1.29, 1.82) is 0 Å². The lowest BCUT2D eigenvalue weighted by Crippen LogP contribution is -2.56. The van der Waals surface area contributed by atoms with E-state index in [1.54, 1.807) is 0 Å². The molecule has 1 saturated heterocycles. The number of rotatable bonds is 15. The molecular formula is C27H51N5O4. The van der Waals surface area contributed by atoms with Crippen LogP contribution in [0.3, 0.4) is 0 Å². The third-order valence-corrected chi connectivity index (χ3v) is 6.73. The molecule has 0 saturated carbocycles. The fourth-order valence-corrected chi connectivity index (χ4v) is 4.49. The van der Waals surface area contributed by atoms with Crippen molar-refractivity contribution in [2.45, 2.75) is 129 Å². The Labute approximate surface area is 217 Å². The van der Waals surface area contributed by atoms with Gasteiger partial charge in [-0.3, -0.25) is 19.2 Å². The molecule has 36 heavy (non-hydrogen) atoms. The molecule has 0 aromatic heterocycles. The summed E-state index contributed by atoms with van der Waals surface area (Å²) in [6.07, 6.45) is 13.3. The Hall–Kier alpha value is -2.16. The van der Waals surface area contributed by atoms with Crippen molar-refractivity contribution in [1.82, 2.24) is 21.3 Å². The van der Waals surface area contributed by atoms with Crippen molar-refractivity contribution in [3.05, 3.63) is 0 Å². The molecule has 9 nitrogen and oxygen atoms in total. The van der Waals surface area contributed by atoms with Crippen molar-refractivity contribution >= 4 is 23.6 Å². The van der Waals surface area contributed by atoms with Crippen LogP contribution in [-0.4, -0.2) is 54.8 Å². The monoisotopic (exact) mass is 509 g/mol. The molecule has 0 radical (unpaired) electrons. The van der Waals surface area contributed by atoms with E-state index in [9.17, 15) is 19.2 Å². The van der Waals surface area contributed by atoms with E-state index in [4.69, 9.17) is 5.73 Å². The van der Waals surface area contributed by atoms with Gasteiger partial charge in [0.15, 0.2) is 0 Å². The van der Waals surface area contributed by atoms with Gasteiger partial charge >= 0.3 is 0 Å². The first-order chi connectivity index (χ1) is 17.3. The largest absolute Gasteiger partial charge is 0.351 e. The Morgan fingerprint density at radius 1 is 0.750 bits per heavy atom. The highest BCUT2D eigenvalue weighted by Gasteiger charge is 2.30. The minimum absolute atomic E-state index is 0.106. The molecule has 1 heterocycles. The third kappa shape index (κ3) is 13.8. The Kier molecular flexibility index (Phi) is 16.8. The van der Waals surface area contributed by atoms with Gasteiger partial charge in [-0.05, 0) is 38.1 Å². The summed E-state index contributed by atoms with van der Waals surface area (Å²) >= 11 is 0. The van der Waals surface area contributed by atoms with Crippen LogP contribution in [0.4, 0.5) is 0 Å². The molecule has 6 N–H and O–H groups in total. The van der Waals surface area contributed by atoms with Gasteiger partial charge in [-0.25, -0.2) is 0 Å². The lowest BCUT2D eigenvalue weighted by Gasteiger charge is -2.27. The second kappa shape index (κ2) is 19.0. The van der Waals surface area contributed by atoms with Crippen LogP contribution < -0.4 is 27.0 Å². The zero-order valence-electron chi connectivity index (χ0n) is 22.8. The highest BCUT2D eigenvalue weighted by molar-refractivity contribution is 5.94. The van der Waals surface area contributed by atoms with Crippen molar-refractivity contribution in [2.24, 2.45) is 11.7 Å². The normalized spacial score (nSPS) is 22.1. The molecule has 1 aliphatic heterocycles. The smallest absolute Gasteiger partial charge is 0.243 e. The second-order valence-corrected chi connectivity index (χ2v) is 10.4. The van der Waals surface area contributed by atoms with Crippen molar-refractivity contribution in [2.75, 3.05) is 13.1 Å². The third-order valence-electron chi connectivity index (χ3n) is 6.73. The molecule has 3 atom stereocenters. The Morgan fingerprint density at radius 2 is 1.36 bits per heavy atom. The molecule has 208 valence electrons. The molecule has 0 unspecified atom stereocenters. The molecule has 0 aliphatic carbocycles. The number of amides is 4. The molecule has 1 rings (SSSR count). The minimum Gasteiger partial charge on any atom is -0.351 e. The standard InChI is InChI=1S/C27H51N5O4/c1-4-5-6-7-8-9-10-11-12-15-21-18-23(33)29-19-24(34)31-22(16-13-14-17-28)26(35)32-25(20(2)3)27(36)30-21/h20-22,25H,4-19,28H2,1-3H3,(H,29,33)(H,30,36)(H,31,34)(H,32,35)/t21-,22+,25+/m1/s1. The summed E-state index contributed by atoms with van der Waals surface area (Å²) in [5, 5.41) is 11.2. The molecule has 0 aromatic rings. The Bertz CT molecular complexity index is 671. The van der Waals surface area contributed by atoms with Gasteiger partial charge in [-0.1, -0.05) is 78.6 Å². The van der Waals surface area contributed by atoms with Crippen LogP contribution in [0.25, 0.3) is 0 Å². The predicted molar refractivity (Wildman–Crippen MR) is 143 cm³/mol. The summed E-state index contributed by atoms with van der Waals surface area (Å²) in [7, 11) is 0. The van der Waals surface area contributed by atoms with Crippen molar-refractivity contribution in [3.8, 4) is 0 Å². The minimum atomic E-state index is -0.784. The maximum atomic E-state index is 13.2.